The van der Waals surface area contributed by atoms with Crippen molar-refractivity contribution in [2.24, 2.45) is 0 Å². The van der Waals surface area contributed by atoms with Crippen LogP contribution in [0.1, 0.15) is 29.8 Å². The number of benzene rings is 2. The van der Waals surface area contributed by atoms with Gasteiger partial charge in [0.2, 0.25) is 12.6 Å². The first kappa shape index (κ1) is 17.9. The Bertz CT molecular complexity index is 977. The molecule has 0 saturated carbocycles. The Balaban J connectivity index is 1.52. The number of carbonyl (C=O) groups is 2. The van der Waals surface area contributed by atoms with E-state index in [0.717, 1.165) is 5.56 Å². The van der Waals surface area contributed by atoms with E-state index in [9.17, 15) is 9.59 Å². The molecule has 2 aromatic rings. The molecule has 0 spiro atoms. The van der Waals surface area contributed by atoms with Crippen LogP contribution in [0.5, 0.6) is 23.0 Å². The van der Waals surface area contributed by atoms with Crippen LogP contribution in [-0.4, -0.2) is 31.3 Å². The number of allylic oxidation sites excluding steroid dienone is 1. The Morgan fingerprint density at radius 3 is 2.79 bits per heavy atom. The molecule has 4 rings (SSSR count). The maximum Gasteiger partial charge on any atom is 0.347 e. The van der Waals surface area contributed by atoms with Crippen molar-refractivity contribution in [3.8, 4) is 23.0 Å². The van der Waals surface area contributed by atoms with Gasteiger partial charge in [-0.25, -0.2) is 4.79 Å². The lowest BCUT2D eigenvalue weighted by atomic mass is 10.1. The molecule has 2 aromatic carbocycles. The van der Waals surface area contributed by atoms with Crippen molar-refractivity contribution >= 4 is 17.8 Å². The van der Waals surface area contributed by atoms with Crippen molar-refractivity contribution in [3.63, 3.8) is 0 Å². The molecule has 0 unspecified atom stereocenters. The average molecular weight is 382 g/mol. The summed E-state index contributed by atoms with van der Waals surface area (Å²) in [6.45, 7) is 3.79. The fourth-order valence-corrected chi connectivity index (χ4v) is 2.91. The van der Waals surface area contributed by atoms with Crippen LogP contribution < -0.4 is 18.9 Å². The van der Waals surface area contributed by atoms with Gasteiger partial charge in [0.05, 0.1) is 12.2 Å². The van der Waals surface area contributed by atoms with Crippen LogP contribution in [0.25, 0.3) is 6.08 Å². The largest absolute Gasteiger partial charge is 0.479 e. The normalized spacial score (nSPS) is 16.5. The summed E-state index contributed by atoms with van der Waals surface area (Å²) in [6, 6.07) is 10.2. The monoisotopic (exact) mass is 382 g/mol. The van der Waals surface area contributed by atoms with Gasteiger partial charge in [-0.2, -0.15) is 0 Å². The molecule has 0 aliphatic carbocycles. The lowest BCUT2D eigenvalue weighted by Crippen LogP contribution is -2.26. The third-order valence-corrected chi connectivity index (χ3v) is 4.27. The minimum Gasteiger partial charge on any atom is -0.479 e. The smallest absolute Gasteiger partial charge is 0.347 e. The van der Waals surface area contributed by atoms with Gasteiger partial charge in [-0.1, -0.05) is 6.07 Å². The molecule has 0 N–H and O–H groups in total. The Labute approximate surface area is 161 Å². The zero-order chi connectivity index (χ0) is 19.7. The van der Waals surface area contributed by atoms with Gasteiger partial charge in [0.25, 0.3) is 0 Å². The van der Waals surface area contributed by atoms with Crippen LogP contribution in [0.4, 0.5) is 0 Å². The maximum atomic E-state index is 12.6. The van der Waals surface area contributed by atoms with E-state index in [1.807, 2.05) is 6.07 Å². The highest BCUT2D eigenvalue weighted by molar-refractivity contribution is 6.14. The third kappa shape index (κ3) is 3.38. The SMILES string of the molecule is CCOC(=O)[C@H](C)Oc1ccc2c(c1)O/C(=C\c1ccc3c(c1)OCO3)C2=O. The molecule has 28 heavy (non-hydrogen) atoms. The molecule has 0 aromatic heterocycles. The summed E-state index contributed by atoms with van der Waals surface area (Å²) in [4.78, 5) is 24.3. The summed E-state index contributed by atoms with van der Waals surface area (Å²) in [5, 5.41) is 0. The molecule has 7 nitrogen and oxygen atoms in total. The first-order valence-corrected chi connectivity index (χ1v) is 8.86. The van der Waals surface area contributed by atoms with Gasteiger partial charge < -0.3 is 23.7 Å². The molecule has 0 saturated heterocycles. The van der Waals surface area contributed by atoms with E-state index in [1.165, 1.54) is 0 Å². The fraction of sp³-hybridized carbons (Fsp3) is 0.238. The van der Waals surface area contributed by atoms with Gasteiger partial charge in [0, 0.05) is 6.07 Å². The lowest BCUT2D eigenvalue weighted by molar-refractivity contribution is -0.150. The number of ether oxygens (including phenoxy) is 5. The molecule has 2 aliphatic rings. The summed E-state index contributed by atoms with van der Waals surface area (Å²) in [5.41, 5.74) is 1.19. The van der Waals surface area contributed by atoms with Crippen molar-refractivity contribution in [1.82, 2.24) is 0 Å². The molecule has 0 amide bonds. The summed E-state index contributed by atoms with van der Waals surface area (Å²) in [6.07, 6.45) is 0.880. The van der Waals surface area contributed by atoms with Crippen LogP contribution in [0.3, 0.4) is 0 Å². The Hall–Kier alpha value is -3.48. The first-order chi connectivity index (χ1) is 13.5. The van der Waals surface area contributed by atoms with Crippen molar-refractivity contribution < 1.29 is 33.3 Å². The second kappa shape index (κ2) is 7.26. The number of Topliss-reactive ketones (excluding diaryl/α,β-unsaturated/α-hetero) is 1. The standard InChI is InChI=1S/C21H18O7/c1-3-24-21(23)12(2)27-14-5-6-15-17(10-14)28-19(20(15)22)9-13-4-7-16-18(8-13)26-11-25-16/h4-10,12H,3,11H2,1-2H3/b19-9-/t12-/m0/s1. The molecule has 0 radical (unpaired) electrons. The van der Waals surface area contributed by atoms with E-state index in [4.69, 9.17) is 23.7 Å². The minimum absolute atomic E-state index is 0.184. The zero-order valence-electron chi connectivity index (χ0n) is 15.4. The van der Waals surface area contributed by atoms with E-state index in [1.54, 1.807) is 50.3 Å². The number of hydrogen-bond donors (Lipinski definition) is 0. The molecule has 2 heterocycles. The van der Waals surface area contributed by atoms with Crippen molar-refractivity contribution in [2.75, 3.05) is 13.4 Å². The van der Waals surface area contributed by atoms with Crippen molar-refractivity contribution in [3.05, 3.63) is 53.3 Å². The highest BCUT2D eigenvalue weighted by Crippen LogP contribution is 2.37. The predicted molar refractivity (Wildman–Crippen MR) is 98.7 cm³/mol. The lowest BCUT2D eigenvalue weighted by Gasteiger charge is -2.13. The topological polar surface area (TPSA) is 80.3 Å². The zero-order valence-corrected chi connectivity index (χ0v) is 15.4. The van der Waals surface area contributed by atoms with Gasteiger partial charge >= 0.3 is 5.97 Å². The van der Waals surface area contributed by atoms with Crippen LogP contribution >= 0.6 is 0 Å². The molecule has 7 heteroatoms. The average Bonchev–Trinajstić information content (AvgIpc) is 3.26. The van der Waals surface area contributed by atoms with E-state index in [-0.39, 0.29) is 24.9 Å². The molecule has 1 atom stereocenters. The Morgan fingerprint density at radius 2 is 1.96 bits per heavy atom. The predicted octanol–water partition coefficient (Wildman–Crippen LogP) is 3.36. The summed E-state index contributed by atoms with van der Waals surface area (Å²) >= 11 is 0. The Kier molecular flexibility index (Phi) is 4.65. The van der Waals surface area contributed by atoms with Gasteiger partial charge in [0.1, 0.15) is 11.5 Å². The van der Waals surface area contributed by atoms with Crippen LogP contribution in [-0.2, 0) is 9.53 Å². The summed E-state index contributed by atoms with van der Waals surface area (Å²) in [5.74, 6) is 1.61. The molecule has 0 bridgehead atoms. The second-order valence-electron chi connectivity index (χ2n) is 6.22. The van der Waals surface area contributed by atoms with E-state index < -0.39 is 12.1 Å². The Morgan fingerprint density at radius 1 is 1.14 bits per heavy atom. The second-order valence-corrected chi connectivity index (χ2v) is 6.22. The first-order valence-electron chi connectivity index (χ1n) is 8.86. The number of rotatable bonds is 5. The molecular formula is C21H18O7. The van der Waals surface area contributed by atoms with Crippen LogP contribution in [0.15, 0.2) is 42.2 Å². The maximum absolute atomic E-state index is 12.6. The van der Waals surface area contributed by atoms with Crippen LogP contribution in [0.2, 0.25) is 0 Å². The van der Waals surface area contributed by atoms with E-state index >= 15 is 0 Å². The number of fused-ring (bicyclic) bond motifs is 2. The van der Waals surface area contributed by atoms with Crippen molar-refractivity contribution in [1.29, 1.82) is 0 Å². The number of hydrogen-bond acceptors (Lipinski definition) is 7. The number of carbonyl (C=O) groups excluding carboxylic acids is 2. The number of ketones is 1. The molecule has 0 fully saturated rings. The third-order valence-electron chi connectivity index (χ3n) is 4.27. The van der Waals surface area contributed by atoms with Crippen molar-refractivity contribution in [2.45, 2.75) is 20.0 Å². The van der Waals surface area contributed by atoms with Gasteiger partial charge in [0.15, 0.2) is 23.4 Å². The fourth-order valence-electron chi connectivity index (χ4n) is 2.91. The quantitative estimate of drug-likeness (QED) is 0.579. The van der Waals surface area contributed by atoms with E-state index in [0.29, 0.717) is 28.6 Å². The molecule has 2 aliphatic heterocycles. The van der Waals surface area contributed by atoms with Crippen LogP contribution in [0, 0.1) is 0 Å². The number of esters is 1. The molecular weight excluding hydrogens is 364 g/mol. The summed E-state index contributed by atoms with van der Waals surface area (Å²) < 4.78 is 26.9. The highest BCUT2D eigenvalue weighted by atomic mass is 16.7. The molecule has 144 valence electrons. The highest BCUT2D eigenvalue weighted by Gasteiger charge is 2.28. The van der Waals surface area contributed by atoms with Gasteiger partial charge in [-0.3, -0.25) is 4.79 Å². The summed E-state index contributed by atoms with van der Waals surface area (Å²) in [7, 11) is 0. The minimum atomic E-state index is -0.765. The van der Waals surface area contributed by atoms with Gasteiger partial charge in [-0.15, -0.1) is 0 Å². The van der Waals surface area contributed by atoms with Gasteiger partial charge in [-0.05, 0) is 49.8 Å². The van der Waals surface area contributed by atoms with E-state index in [2.05, 4.69) is 0 Å².